The Bertz CT molecular complexity index is 410. The maximum absolute atomic E-state index is 6.03. The highest BCUT2D eigenvalue weighted by molar-refractivity contribution is 5.46. The minimum atomic E-state index is 0.314. The van der Waals surface area contributed by atoms with Gasteiger partial charge in [0.05, 0.1) is 12.7 Å². The number of likely N-dealkylation sites (N-methyl/N-ethyl adjacent to an activating group) is 2. The molecule has 0 saturated carbocycles. The van der Waals surface area contributed by atoms with Crippen LogP contribution in [0, 0.1) is 0 Å². The van der Waals surface area contributed by atoms with Crippen LogP contribution >= 0.6 is 0 Å². The predicted molar refractivity (Wildman–Crippen MR) is 83.7 cm³/mol. The SMILES string of the molecule is CCN1CCOC(CN(CC)Cc2ccccc2N)C1. The van der Waals surface area contributed by atoms with Gasteiger partial charge in [-0.2, -0.15) is 0 Å². The third-order valence-corrected chi connectivity index (χ3v) is 4.03. The number of nitrogens with two attached hydrogens (primary N) is 1. The molecule has 0 amide bonds. The van der Waals surface area contributed by atoms with Crippen molar-refractivity contribution in [3.05, 3.63) is 29.8 Å². The van der Waals surface area contributed by atoms with E-state index in [-0.39, 0.29) is 0 Å². The molecule has 1 heterocycles. The van der Waals surface area contributed by atoms with Crippen LogP contribution in [-0.4, -0.2) is 55.2 Å². The summed E-state index contributed by atoms with van der Waals surface area (Å²) >= 11 is 0. The lowest BCUT2D eigenvalue weighted by Crippen LogP contribution is -2.47. The molecule has 0 aromatic heterocycles. The largest absolute Gasteiger partial charge is 0.398 e. The van der Waals surface area contributed by atoms with Crippen molar-refractivity contribution in [2.75, 3.05) is 45.1 Å². The van der Waals surface area contributed by atoms with E-state index < -0.39 is 0 Å². The second kappa shape index (κ2) is 7.62. The van der Waals surface area contributed by atoms with Gasteiger partial charge in [0.2, 0.25) is 0 Å². The monoisotopic (exact) mass is 277 g/mol. The molecule has 1 aromatic carbocycles. The number of ether oxygens (including phenoxy) is 1. The Kier molecular flexibility index (Phi) is 5.83. The van der Waals surface area contributed by atoms with E-state index in [2.05, 4.69) is 35.8 Å². The van der Waals surface area contributed by atoms with Crippen molar-refractivity contribution in [1.29, 1.82) is 0 Å². The minimum Gasteiger partial charge on any atom is -0.398 e. The van der Waals surface area contributed by atoms with Crippen LogP contribution in [0.25, 0.3) is 0 Å². The molecule has 2 N–H and O–H groups in total. The molecule has 1 aliphatic heterocycles. The van der Waals surface area contributed by atoms with Crippen molar-refractivity contribution < 1.29 is 4.74 Å². The van der Waals surface area contributed by atoms with E-state index in [0.29, 0.717) is 6.10 Å². The third-order valence-electron chi connectivity index (χ3n) is 4.03. The fourth-order valence-electron chi connectivity index (χ4n) is 2.69. The average Bonchev–Trinajstić information content (AvgIpc) is 2.49. The van der Waals surface area contributed by atoms with E-state index in [1.54, 1.807) is 0 Å². The molecular weight excluding hydrogens is 250 g/mol. The Morgan fingerprint density at radius 3 is 2.85 bits per heavy atom. The molecular formula is C16H27N3O. The summed E-state index contributed by atoms with van der Waals surface area (Å²) in [6.45, 7) is 11.4. The number of morpholine rings is 1. The smallest absolute Gasteiger partial charge is 0.0829 e. The number of para-hydroxylation sites is 1. The van der Waals surface area contributed by atoms with Crippen LogP contribution in [0.1, 0.15) is 19.4 Å². The molecule has 1 atom stereocenters. The zero-order valence-electron chi connectivity index (χ0n) is 12.7. The quantitative estimate of drug-likeness (QED) is 0.805. The average molecular weight is 277 g/mol. The normalized spacial score (nSPS) is 20.4. The predicted octanol–water partition coefficient (Wildman–Crippen LogP) is 1.81. The summed E-state index contributed by atoms with van der Waals surface area (Å²) < 4.78 is 5.90. The Balaban J connectivity index is 1.90. The zero-order valence-corrected chi connectivity index (χ0v) is 12.7. The molecule has 20 heavy (non-hydrogen) atoms. The van der Waals surface area contributed by atoms with Crippen molar-refractivity contribution in [3.63, 3.8) is 0 Å². The topological polar surface area (TPSA) is 41.7 Å². The van der Waals surface area contributed by atoms with Gasteiger partial charge in [-0.05, 0) is 24.7 Å². The summed E-state index contributed by atoms with van der Waals surface area (Å²) in [5.41, 5.74) is 8.12. The van der Waals surface area contributed by atoms with Crippen LogP contribution in [0.2, 0.25) is 0 Å². The molecule has 0 spiro atoms. The molecule has 4 nitrogen and oxygen atoms in total. The maximum atomic E-state index is 6.03. The third kappa shape index (κ3) is 4.20. The first kappa shape index (κ1) is 15.3. The molecule has 0 aliphatic carbocycles. The van der Waals surface area contributed by atoms with Crippen LogP contribution < -0.4 is 5.73 Å². The zero-order chi connectivity index (χ0) is 14.4. The summed E-state index contributed by atoms with van der Waals surface area (Å²) in [5.74, 6) is 0. The summed E-state index contributed by atoms with van der Waals surface area (Å²) in [6.07, 6.45) is 0.314. The van der Waals surface area contributed by atoms with Gasteiger partial charge in [-0.1, -0.05) is 32.0 Å². The number of benzene rings is 1. The van der Waals surface area contributed by atoms with E-state index in [1.165, 1.54) is 5.56 Å². The Labute approximate surface area is 122 Å². The molecule has 112 valence electrons. The molecule has 1 fully saturated rings. The van der Waals surface area contributed by atoms with Crippen molar-refractivity contribution in [2.24, 2.45) is 0 Å². The van der Waals surface area contributed by atoms with E-state index in [1.807, 2.05) is 12.1 Å². The van der Waals surface area contributed by atoms with E-state index in [4.69, 9.17) is 10.5 Å². The molecule has 4 heteroatoms. The highest BCUT2D eigenvalue weighted by atomic mass is 16.5. The molecule has 1 aliphatic rings. The summed E-state index contributed by atoms with van der Waals surface area (Å²) in [5, 5.41) is 0. The van der Waals surface area contributed by atoms with Gasteiger partial charge in [-0.15, -0.1) is 0 Å². The lowest BCUT2D eigenvalue weighted by atomic mass is 10.1. The highest BCUT2D eigenvalue weighted by Gasteiger charge is 2.21. The molecule has 0 bridgehead atoms. The van der Waals surface area contributed by atoms with E-state index in [0.717, 1.165) is 51.6 Å². The lowest BCUT2D eigenvalue weighted by Gasteiger charge is -2.35. The van der Waals surface area contributed by atoms with Crippen molar-refractivity contribution in [3.8, 4) is 0 Å². The standard InChI is InChI=1S/C16H27N3O/c1-3-18-9-10-20-15(12-18)13-19(4-2)11-14-7-5-6-8-16(14)17/h5-8,15H,3-4,9-13,17H2,1-2H3. The van der Waals surface area contributed by atoms with Gasteiger partial charge in [0.15, 0.2) is 0 Å². The van der Waals surface area contributed by atoms with E-state index >= 15 is 0 Å². The number of hydrogen-bond acceptors (Lipinski definition) is 4. The molecule has 1 saturated heterocycles. The highest BCUT2D eigenvalue weighted by Crippen LogP contribution is 2.15. The second-order valence-corrected chi connectivity index (χ2v) is 5.41. The Morgan fingerprint density at radius 2 is 2.15 bits per heavy atom. The fraction of sp³-hybridized carbons (Fsp3) is 0.625. The molecule has 0 radical (unpaired) electrons. The lowest BCUT2D eigenvalue weighted by molar-refractivity contribution is -0.0422. The maximum Gasteiger partial charge on any atom is 0.0829 e. The van der Waals surface area contributed by atoms with Gasteiger partial charge < -0.3 is 10.5 Å². The molecule has 1 aromatic rings. The second-order valence-electron chi connectivity index (χ2n) is 5.41. The summed E-state index contributed by atoms with van der Waals surface area (Å²) in [6, 6.07) is 8.12. The van der Waals surface area contributed by atoms with E-state index in [9.17, 15) is 0 Å². The number of nitrogen functional groups attached to an aromatic ring is 1. The molecule has 2 rings (SSSR count). The van der Waals surface area contributed by atoms with Crippen LogP contribution in [0.15, 0.2) is 24.3 Å². The van der Waals surface area contributed by atoms with Crippen molar-refractivity contribution in [1.82, 2.24) is 9.80 Å². The minimum absolute atomic E-state index is 0.314. The van der Waals surface area contributed by atoms with Gasteiger partial charge in [-0.25, -0.2) is 0 Å². The van der Waals surface area contributed by atoms with Crippen LogP contribution in [-0.2, 0) is 11.3 Å². The Hall–Kier alpha value is -1.10. The van der Waals surface area contributed by atoms with Crippen LogP contribution in [0.5, 0.6) is 0 Å². The van der Waals surface area contributed by atoms with Crippen LogP contribution in [0.4, 0.5) is 5.69 Å². The van der Waals surface area contributed by atoms with Gasteiger partial charge in [0.25, 0.3) is 0 Å². The van der Waals surface area contributed by atoms with Crippen molar-refractivity contribution >= 4 is 5.69 Å². The van der Waals surface area contributed by atoms with Crippen molar-refractivity contribution in [2.45, 2.75) is 26.5 Å². The van der Waals surface area contributed by atoms with Crippen LogP contribution in [0.3, 0.4) is 0 Å². The number of hydrogen-bond donors (Lipinski definition) is 1. The number of rotatable bonds is 6. The van der Waals surface area contributed by atoms with Gasteiger partial charge in [0.1, 0.15) is 0 Å². The first-order chi connectivity index (χ1) is 9.72. The molecule has 1 unspecified atom stereocenters. The van der Waals surface area contributed by atoms with Gasteiger partial charge in [0, 0.05) is 31.9 Å². The summed E-state index contributed by atoms with van der Waals surface area (Å²) in [4.78, 5) is 4.87. The Morgan fingerprint density at radius 1 is 1.35 bits per heavy atom. The summed E-state index contributed by atoms with van der Waals surface area (Å²) in [7, 11) is 0. The first-order valence-corrected chi connectivity index (χ1v) is 7.62. The number of nitrogens with zero attached hydrogens (tertiary/aromatic N) is 2. The fourth-order valence-corrected chi connectivity index (χ4v) is 2.69. The number of anilines is 1. The first-order valence-electron chi connectivity index (χ1n) is 7.62. The van der Waals surface area contributed by atoms with Gasteiger partial charge >= 0.3 is 0 Å². The van der Waals surface area contributed by atoms with Gasteiger partial charge in [-0.3, -0.25) is 9.80 Å².